The smallest absolute Gasteiger partial charge is 0.132 e. The highest BCUT2D eigenvalue weighted by Gasteiger charge is 2.08. The Labute approximate surface area is 105 Å². The second-order valence-corrected chi connectivity index (χ2v) is 4.95. The second kappa shape index (κ2) is 8.02. The molecule has 0 aliphatic heterocycles. The lowest BCUT2D eigenvalue weighted by atomic mass is 9.97. The van der Waals surface area contributed by atoms with Crippen molar-refractivity contribution in [3.05, 3.63) is 35.9 Å². The van der Waals surface area contributed by atoms with Gasteiger partial charge in [-0.2, -0.15) is 0 Å². The molecule has 2 N–H and O–H groups in total. The molecule has 17 heavy (non-hydrogen) atoms. The molecule has 0 aliphatic carbocycles. The average molecular weight is 235 g/mol. The Balaban J connectivity index is 0.000000366. The zero-order valence-electron chi connectivity index (χ0n) is 11.6. The molecule has 2 heteroatoms. The molecule has 2 nitrogen and oxygen atoms in total. The molecule has 0 saturated carbocycles. The molecule has 1 atom stereocenters. The quantitative estimate of drug-likeness (QED) is 0.870. The molecule has 0 aromatic heterocycles. The summed E-state index contributed by atoms with van der Waals surface area (Å²) in [5, 5.41) is 0. The number of hydrogen-bond donors (Lipinski definition) is 1. The van der Waals surface area contributed by atoms with Crippen molar-refractivity contribution in [2.45, 2.75) is 40.7 Å². The Morgan fingerprint density at radius 2 is 1.47 bits per heavy atom. The van der Waals surface area contributed by atoms with Gasteiger partial charge in [-0.1, -0.05) is 58.0 Å². The molecular formula is C15H25NO. The maximum absolute atomic E-state index is 10.1. The highest BCUT2D eigenvalue weighted by molar-refractivity contribution is 5.77. The van der Waals surface area contributed by atoms with Crippen LogP contribution in [0.5, 0.6) is 0 Å². The summed E-state index contributed by atoms with van der Waals surface area (Å²) in [6.45, 7) is 9.66. The van der Waals surface area contributed by atoms with E-state index in [2.05, 4.69) is 26.0 Å². The van der Waals surface area contributed by atoms with Crippen molar-refractivity contribution in [1.82, 2.24) is 0 Å². The van der Waals surface area contributed by atoms with Crippen LogP contribution in [0.15, 0.2) is 30.3 Å². The molecule has 1 rings (SSSR count). The number of carbonyl (C=O) groups excluding carboxylic acids is 1. The van der Waals surface area contributed by atoms with Gasteiger partial charge in [0.1, 0.15) is 5.78 Å². The van der Waals surface area contributed by atoms with Crippen LogP contribution in [-0.4, -0.2) is 5.78 Å². The zero-order valence-corrected chi connectivity index (χ0v) is 11.6. The molecular weight excluding hydrogens is 210 g/mol. The van der Waals surface area contributed by atoms with Crippen molar-refractivity contribution in [3.63, 3.8) is 0 Å². The number of nitrogens with two attached hydrogens (primary N) is 1. The molecule has 0 spiro atoms. The van der Waals surface area contributed by atoms with E-state index in [1.807, 2.05) is 32.0 Å². The summed E-state index contributed by atoms with van der Waals surface area (Å²) < 4.78 is 0. The number of rotatable bonds is 3. The molecule has 96 valence electrons. The van der Waals surface area contributed by atoms with Gasteiger partial charge >= 0.3 is 0 Å². The van der Waals surface area contributed by atoms with Crippen LogP contribution in [-0.2, 0) is 4.79 Å². The van der Waals surface area contributed by atoms with Crippen LogP contribution in [0.4, 0.5) is 0 Å². The van der Waals surface area contributed by atoms with E-state index in [4.69, 9.17) is 5.73 Å². The van der Waals surface area contributed by atoms with E-state index in [0.29, 0.717) is 5.92 Å². The molecule has 0 fully saturated rings. The first kappa shape index (κ1) is 15.9. The number of hydrogen-bond acceptors (Lipinski definition) is 2. The normalized spacial score (nSPS) is 12.0. The number of ketones is 1. The first-order chi connectivity index (χ1) is 7.86. The second-order valence-electron chi connectivity index (χ2n) is 4.95. The van der Waals surface area contributed by atoms with Gasteiger partial charge in [-0.3, -0.25) is 4.79 Å². The summed E-state index contributed by atoms with van der Waals surface area (Å²) in [4.78, 5) is 10.1. The third kappa shape index (κ3) is 6.90. The number of Topliss-reactive ketones (excluding diaryl/α,β-unsaturated/α-hetero) is 1. The van der Waals surface area contributed by atoms with Crippen molar-refractivity contribution in [1.29, 1.82) is 0 Å². The minimum Gasteiger partial charge on any atom is -0.324 e. The summed E-state index contributed by atoms with van der Waals surface area (Å²) >= 11 is 0. The van der Waals surface area contributed by atoms with E-state index in [-0.39, 0.29) is 17.7 Å². The fraction of sp³-hybridized carbons (Fsp3) is 0.533. The van der Waals surface area contributed by atoms with Crippen LogP contribution in [0.3, 0.4) is 0 Å². The molecule has 0 saturated heterocycles. The lowest BCUT2D eigenvalue weighted by Gasteiger charge is -2.15. The van der Waals surface area contributed by atoms with Crippen LogP contribution in [0.1, 0.15) is 46.2 Å². The van der Waals surface area contributed by atoms with Crippen molar-refractivity contribution in [2.24, 2.45) is 17.6 Å². The first-order valence-electron chi connectivity index (χ1n) is 6.17. The molecule has 0 heterocycles. The van der Waals surface area contributed by atoms with Gasteiger partial charge in [0.2, 0.25) is 0 Å². The molecule has 0 radical (unpaired) electrons. The first-order valence-corrected chi connectivity index (χ1v) is 6.17. The minimum absolute atomic E-state index is 0.177. The highest BCUT2D eigenvalue weighted by atomic mass is 16.1. The largest absolute Gasteiger partial charge is 0.324 e. The van der Waals surface area contributed by atoms with Gasteiger partial charge in [-0.05, 0) is 18.4 Å². The van der Waals surface area contributed by atoms with E-state index in [0.717, 1.165) is 0 Å². The van der Waals surface area contributed by atoms with E-state index < -0.39 is 0 Å². The van der Waals surface area contributed by atoms with Crippen LogP contribution >= 0.6 is 0 Å². The SMILES string of the molecule is CC(=O)C(C)C.CC(C)C(N)c1ccccc1. The van der Waals surface area contributed by atoms with Gasteiger partial charge in [0.05, 0.1) is 0 Å². The van der Waals surface area contributed by atoms with Gasteiger partial charge in [-0.15, -0.1) is 0 Å². The summed E-state index contributed by atoms with van der Waals surface area (Å²) in [6, 6.07) is 10.4. The van der Waals surface area contributed by atoms with Crippen molar-refractivity contribution in [3.8, 4) is 0 Å². The monoisotopic (exact) mass is 235 g/mol. The fourth-order valence-electron chi connectivity index (χ4n) is 1.06. The van der Waals surface area contributed by atoms with Gasteiger partial charge in [0.15, 0.2) is 0 Å². The summed E-state index contributed by atoms with van der Waals surface area (Å²) in [5.41, 5.74) is 7.16. The molecule has 1 aromatic carbocycles. The Bertz CT molecular complexity index is 317. The van der Waals surface area contributed by atoms with E-state index >= 15 is 0 Å². The zero-order chi connectivity index (χ0) is 13.4. The Morgan fingerprint density at radius 3 is 1.76 bits per heavy atom. The van der Waals surface area contributed by atoms with Gasteiger partial charge in [0, 0.05) is 12.0 Å². The summed E-state index contributed by atoms with van der Waals surface area (Å²) in [6.07, 6.45) is 0. The third-order valence-corrected chi connectivity index (χ3v) is 2.72. The van der Waals surface area contributed by atoms with E-state index in [1.165, 1.54) is 5.56 Å². The molecule has 0 amide bonds. The predicted molar refractivity (Wildman–Crippen MR) is 73.7 cm³/mol. The molecule has 0 bridgehead atoms. The Kier molecular flexibility index (Phi) is 7.47. The van der Waals surface area contributed by atoms with Crippen molar-refractivity contribution in [2.75, 3.05) is 0 Å². The van der Waals surface area contributed by atoms with Crippen LogP contribution in [0.25, 0.3) is 0 Å². The maximum atomic E-state index is 10.1. The predicted octanol–water partition coefficient (Wildman–Crippen LogP) is 3.57. The third-order valence-electron chi connectivity index (χ3n) is 2.72. The van der Waals surface area contributed by atoms with E-state index in [1.54, 1.807) is 6.92 Å². The van der Waals surface area contributed by atoms with Gasteiger partial charge < -0.3 is 5.73 Å². The Hall–Kier alpha value is -1.15. The van der Waals surface area contributed by atoms with Crippen molar-refractivity contribution < 1.29 is 4.79 Å². The Morgan fingerprint density at radius 1 is 1.06 bits per heavy atom. The minimum atomic E-state index is 0.177. The number of benzene rings is 1. The fourth-order valence-corrected chi connectivity index (χ4v) is 1.06. The average Bonchev–Trinajstić information content (AvgIpc) is 2.29. The molecule has 1 unspecified atom stereocenters. The summed E-state index contributed by atoms with van der Waals surface area (Å²) in [7, 11) is 0. The lowest BCUT2D eigenvalue weighted by Crippen LogP contribution is -2.16. The van der Waals surface area contributed by atoms with Gasteiger partial charge in [-0.25, -0.2) is 0 Å². The topological polar surface area (TPSA) is 43.1 Å². The molecule has 1 aromatic rings. The highest BCUT2D eigenvalue weighted by Crippen LogP contribution is 2.17. The van der Waals surface area contributed by atoms with Crippen LogP contribution in [0.2, 0.25) is 0 Å². The standard InChI is InChI=1S/C10H15N.C5H10O/c1-8(2)10(11)9-6-4-3-5-7-9;1-4(2)5(3)6/h3-8,10H,11H2,1-2H3;4H,1-3H3. The van der Waals surface area contributed by atoms with Crippen molar-refractivity contribution >= 4 is 5.78 Å². The van der Waals surface area contributed by atoms with E-state index in [9.17, 15) is 4.79 Å². The van der Waals surface area contributed by atoms with Gasteiger partial charge in [0.25, 0.3) is 0 Å². The van der Waals surface area contributed by atoms with Crippen LogP contribution in [0, 0.1) is 11.8 Å². The van der Waals surface area contributed by atoms with Crippen LogP contribution < -0.4 is 5.73 Å². The number of carbonyl (C=O) groups is 1. The summed E-state index contributed by atoms with van der Waals surface area (Å²) in [5.74, 6) is 0.984. The molecule has 0 aliphatic rings. The maximum Gasteiger partial charge on any atom is 0.132 e. The lowest BCUT2D eigenvalue weighted by molar-refractivity contribution is -0.119.